The Morgan fingerprint density at radius 1 is 1.45 bits per heavy atom. The normalized spacial score (nSPS) is 13.8. The molecule has 3 N–H and O–H groups in total. The second kappa shape index (κ2) is 8.60. The van der Waals surface area contributed by atoms with Crippen molar-refractivity contribution in [2.24, 2.45) is 0 Å². The molecule has 2 atom stereocenters. The first-order chi connectivity index (χ1) is 9.60. The van der Waals surface area contributed by atoms with Crippen LogP contribution in [0.4, 0.5) is 4.79 Å². The molecule has 20 heavy (non-hydrogen) atoms. The van der Waals surface area contributed by atoms with Crippen LogP contribution in [0.3, 0.4) is 0 Å². The molecule has 0 saturated carbocycles. The van der Waals surface area contributed by atoms with Gasteiger partial charge in [-0.1, -0.05) is 6.92 Å². The average molecular weight is 284 g/mol. The highest BCUT2D eigenvalue weighted by Crippen LogP contribution is 2.17. The van der Waals surface area contributed by atoms with Gasteiger partial charge in [-0.3, -0.25) is 0 Å². The predicted molar refractivity (Wildman–Crippen MR) is 75.5 cm³/mol. The SMILES string of the molecule is CCc1ccc(C(COC)NC(=O)N[C@H](C)CCO)o1. The van der Waals surface area contributed by atoms with E-state index in [1.54, 1.807) is 7.11 Å². The van der Waals surface area contributed by atoms with E-state index in [1.807, 2.05) is 26.0 Å². The highest BCUT2D eigenvalue weighted by Gasteiger charge is 2.18. The number of urea groups is 1. The van der Waals surface area contributed by atoms with E-state index in [0.29, 0.717) is 18.8 Å². The minimum Gasteiger partial charge on any atom is -0.464 e. The molecule has 0 radical (unpaired) electrons. The lowest BCUT2D eigenvalue weighted by Gasteiger charge is -2.19. The smallest absolute Gasteiger partial charge is 0.315 e. The molecule has 114 valence electrons. The van der Waals surface area contributed by atoms with Gasteiger partial charge in [0.15, 0.2) is 0 Å². The summed E-state index contributed by atoms with van der Waals surface area (Å²) in [5.41, 5.74) is 0. The van der Waals surface area contributed by atoms with Crippen LogP contribution in [0.1, 0.15) is 37.8 Å². The maximum Gasteiger partial charge on any atom is 0.315 e. The van der Waals surface area contributed by atoms with Crippen LogP contribution in [0.2, 0.25) is 0 Å². The summed E-state index contributed by atoms with van der Waals surface area (Å²) in [5, 5.41) is 14.4. The van der Waals surface area contributed by atoms with E-state index in [0.717, 1.165) is 12.2 Å². The fourth-order valence-corrected chi connectivity index (χ4v) is 1.82. The summed E-state index contributed by atoms with van der Waals surface area (Å²) in [7, 11) is 1.57. The summed E-state index contributed by atoms with van der Waals surface area (Å²) in [4.78, 5) is 11.9. The lowest BCUT2D eigenvalue weighted by atomic mass is 10.2. The van der Waals surface area contributed by atoms with E-state index in [2.05, 4.69) is 10.6 Å². The van der Waals surface area contributed by atoms with E-state index in [-0.39, 0.29) is 24.7 Å². The van der Waals surface area contributed by atoms with Crippen molar-refractivity contribution >= 4 is 6.03 Å². The lowest BCUT2D eigenvalue weighted by Crippen LogP contribution is -2.43. The Morgan fingerprint density at radius 3 is 2.75 bits per heavy atom. The molecule has 0 saturated heterocycles. The van der Waals surface area contributed by atoms with Crippen molar-refractivity contribution in [2.75, 3.05) is 20.3 Å². The number of aliphatic hydroxyl groups excluding tert-OH is 1. The van der Waals surface area contributed by atoms with Crippen molar-refractivity contribution in [2.45, 2.75) is 38.8 Å². The summed E-state index contributed by atoms with van der Waals surface area (Å²) in [6, 6.07) is 3.02. The van der Waals surface area contributed by atoms with Crippen molar-refractivity contribution in [3.8, 4) is 0 Å². The van der Waals surface area contributed by atoms with Gasteiger partial charge in [-0.05, 0) is 25.5 Å². The maximum absolute atomic E-state index is 11.9. The fourth-order valence-electron chi connectivity index (χ4n) is 1.82. The van der Waals surface area contributed by atoms with Gasteiger partial charge in [0.1, 0.15) is 17.6 Å². The minimum absolute atomic E-state index is 0.0426. The summed E-state index contributed by atoms with van der Waals surface area (Å²) in [6.45, 7) is 4.22. The molecule has 0 aliphatic carbocycles. The molecule has 1 aromatic rings. The van der Waals surface area contributed by atoms with Crippen molar-refractivity contribution in [1.82, 2.24) is 10.6 Å². The van der Waals surface area contributed by atoms with Gasteiger partial charge in [-0.15, -0.1) is 0 Å². The molecule has 2 amide bonds. The Labute approximate surface area is 119 Å². The number of nitrogens with one attached hydrogen (secondary N) is 2. The number of carbonyl (C=O) groups is 1. The highest BCUT2D eigenvalue weighted by atomic mass is 16.5. The van der Waals surface area contributed by atoms with Gasteiger partial charge in [0, 0.05) is 26.2 Å². The molecule has 6 heteroatoms. The van der Waals surface area contributed by atoms with Gasteiger partial charge in [-0.2, -0.15) is 0 Å². The molecular weight excluding hydrogens is 260 g/mol. The topological polar surface area (TPSA) is 83.7 Å². The van der Waals surface area contributed by atoms with E-state index in [9.17, 15) is 4.79 Å². The first kappa shape index (κ1) is 16.5. The van der Waals surface area contributed by atoms with Crippen molar-refractivity contribution < 1.29 is 19.1 Å². The standard InChI is InChI=1S/C14H24N2O4/c1-4-11-5-6-13(20-11)12(9-19-3)16-14(18)15-10(2)7-8-17/h5-6,10,12,17H,4,7-9H2,1-3H3,(H2,15,16,18)/t10-,12?/m1/s1. The van der Waals surface area contributed by atoms with E-state index < -0.39 is 0 Å². The van der Waals surface area contributed by atoms with Crippen molar-refractivity contribution in [3.63, 3.8) is 0 Å². The third-order valence-corrected chi connectivity index (χ3v) is 2.95. The molecule has 0 bridgehead atoms. The third kappa shape index (κ3) is 5.22. The Bertz CT molecular complexity index is 406. The molecule has 0 spiro atoms. The first-order valence-electron chi connectivity index (χ1n) is 6.86. The molecule has 1 rings (SSSR count). The number of ether oxygens (including phenoxy) is 1. The number of aryl methyl sites for hydroxylation is 1. The largest absolute Gasteiger partial charge is 0.464 e. The molecule has 0 fully saturated rings. The van der Waals surface area contributed by atoms with Crippen molar-refractivity contribution in [3.05, 3.63) is 23.7 Å². The van der Waals surface area contributed by atoms with Gasteiger partial charge in [-0.25, -0.2) is 4.79 Å². The Kier molecular flexibility index (Phi) is 7.11. The minimum atomic E-state index is -0.332. The third-order valence-electron chi connectivity index (χ3n) is 2.95. The van der Waals surface area contributed by atoms with Crippen molar-refractivity contribution in [1.29, 1.82) is 0 Å². The molecule has 1 heterocycles. The lowest BCUT2D eigenvalue weighted by molar-refractivity contribution is 0.155. The maximum atomic E-state index is 11.9. The van der Waals surface area contributed by atoms with Crippen LogP contribution >= 0.6 is 0 Å². The number of hydrogen-bond acceptors (Lipinski definition) is 4. The molecule has 0 aromatic carbocycles. The van der Waals surface area contributed by atoms with Gasteiger partial charge in [0.05, 0.1) is 6.61 Å². The van der Waals surface area contributed by atoms with E-state index in [4.69, 9.17) is 14.3 Å². The number of amides is 2. The van der Waals surface area contributed by atoms with Gasteiger partial charge in [0.25, 0.3) is 0 Å². The monoisotopic (exact) mass is 284 g/mol. The van der Waals surface area contributed by atoms with Gasteiger partial charge >= 0.3 is 6.03 Å². The Balaban J connectivity index is 2.60. The second-order valence-electron chi connectivity index (χ2n) is 4.70. The highest BCUT2D eigenvalue weighted by molar-refractivity contribution is 5.74. The zero-order chi connectivity index (χ0) is 15.0. The van der Waals surface area contributed by atoms with Gasteiger partial charge < -0.3 is 24.9 Å². The number of furan rings is 1. The van der Waals surface area contributed by atoms with E-state index in [1.165, 1.54) is 0 Å². The molecule has 0 aliphatic rings. The summed E-state index contributed by atoms with van der Waals surface area (Å²) < 4.78 is 10.8. The number of hydrogen-bond donors (Lipinski definition) is 3. The average Bonchev–Trinajstić information content (AvgIpc) is 2.87. The van der Waals surface area contributed by atoms with Crippen LogP contribution < -0.4 is 10.6 Å². The van der Waals surface area contributed by atoms with Crippen LogP contribution in [0.15, 0.2) is 16.5 Å². The summed E-state index contributed by atoms with van der Waals surface area (Å²) in [5.74, 6) is 1.55. The molecule has 0 aliphatic heterocycles. The van der Waals surface area contributed by atoms with Gasteiger partial charge in [0.2, 0.25) is 0 Å². The number of methoxy groups -OCH3 is 1. The predicted octanol–water partition coefficient (Wildman–Crippen LogP) is 1.60. The summed E-state index contributed by atoms with van der Waals surface area (Å²) in [6.07, 6.45) is 1.32. The van der Waals surface area contributed by atoms with E-state index >= 15 is 0 Å². The molecular formula is C14H24N2O4. The number of rotatable bonds is 8. The molecule has 1 unspecified atom stereocenters. The fraction of sp³-hybridized carbons (Fsp3) is 0.643. The number of carbonyl (C=O) groups excluding carboxylic acids is 1. The zero-order valence-electron chi connectivity index (χ0n) is 12.3. The molecule has 1 aromatic heterocycles. The second-order valence-corrected chi connectivity index (χ2v) is 4.70. The Morgan fingerprint density at radius 2 is 2.20 bits per heavy atom. The van der Waals surface area contributed by atoms with Crippen LogP contribution in [-0.2, 0) is 11.2 Å². The summed E-state index contributed by atoms with van der Waals surface area (Å²) >= 11 is 0. The quantitative estimate of drug-likeness (QED) is 0.677. The van der Waals surface area contributed by atoms with Crippen LogP contribution in [0.5, 0.6) is 0 Å². The number of aliphatic hydroxyl groups is 1. The zero-order valence-corrected chi connectivity index (χ0v) is 12.3. The van der Waals surface area contributed by atoms with Crippen LogP contribution in [0, 0.1) is 0 Å². The Hall–Kier alpha value is -1.53. The molecule has 6 nitrogen and oxygen atoms in total. The van der Waals surface area contributed by atoms with Crippen LogP contribution in [0.25, 0.3) is 0 Å². The first-order valence-corrected chi connectivity index (χ1v) is 6.86. The van der Waals surface area contributed by atoms with Crippen LogP contribution in [-0.4, -0.2) is 37.5 Å².